The third-order valence-electron chi connectivity index (χ3n) is 2.94. The number of anilines is 1. The average Bonchev–Trinajstić information content (AvgIpc) is 2.53. The molecule has 7 nitrogen and oxygen atoms in total. The molecule has 1 aliphatic rings. The number of aliphatic imine (C=N–C) groups is 1. The summed E-state index contributed by atoms with van der Waals surface area (Å²) < 4.78 is 50.9. The van der Waals surface area contributed by atoms with Crippen LogP contribution in [-0.4, -0.2) is 49.5 Å². The van der Waals surface area contributed by atoms with E-state index in [9.17, 15) is 13.2 Å². The zero-order chi connectivity index (χ0) is 18.3. The van der Waals surface area contributed by atoms with Gasteiger partial charge in [-0.3, -0.25) is 5.41 Å². The molecule has 11 heteroatoms. The zero-order valence-corrected chi connectivity index (χ0v) is 14.5. The predicted octanol–water partition coefficient (Wildman–Crippen LogP) is 2.69. The molecule has 138 valence electrons. The van der Waals surface area contributed by atoms with Crippen LogP contribution in [0.1, 0.15) is 0 Å². The summed E-state index contributed by atoms with van der Waals surface area (Å²) in [5, 5.41) is 13.2. The number of hydrogen-bond acceptors (Lipinski definition) is 4. The molecule has 1 fully saturated rings. The van der Waals surface area contributed by atoms with Crippen LogP contribution < -0.4 is 15.4 Å². The smallest absolute Gasteiger partial charge is 0.406 e. The second kappa shape index (κ2) is 9.02. The summed E-state index contributed by atoms with van der Waals surface area (Å²) in [6.45, 7) is 1.88. The van der Waals surface area contributed by atoms with Crippen molar-refractivity contribution in [2.45, 2.75) is 12.5 Å². The van der Waals surface area contributed by atoms with Gasteiger partial charge in [-0.15, -0.1) is 13.2 Å². The molecular formula is C14H16BrF3N4O3. The van der Waals surface area contributed by atoms with E-state index in [1.165, 1.54) is 24.3 Å². The van der Waals surface area contributed by atoms with Crippen LogP contribution in [0.4, 0.5) is 18.9 Å². The molecule has 1 aromatic rings. The van der Waals surface area contributed by atoms with Gasteiger partial charge in [0, 0.05) is 12.2 Å². The van der Waals surface area contributed by atoms with Crippen molar-refractivity contribution in [2.75, 3.05) is 31.7 Å². The monoisotopic (exact) mass is 424 g/mol. The Balaban J connectivity index is 1.95. The van der Waals surface area contributed by atoms with Crippen LogP contribution in [0.5, 0.6) is 5.75 Å². The van der Waals surface area contributed by atoms with Crippen LogP contribution in [0.3, 0.4) is 0 Å². The Kier molecular flexibility index (Phi) is 7.02. The predicted molar refractivity (Wildman–Crippen MR) is 89.4 cm³/mol. The fourth-order valence-electron chi connectivity index (χ4n) is 1.95. The Morgan fingerprint density at radius 1 is 1.32 bits per heavy atom. The van der Waals surface area contributed by atoms with E-state index >= 15 is 0 Å². The zero-order valence-electron chi connectivity index (χ0n) is 12.9. The van der Waals surface area contributed by atoms with Crippen molar-refractivity contribution in [1.29, 1.82) is 5.41 Å². The Hall–Kier alpha value is -1.85. The van der Waals surface area contributed by atoms with Crippen LogP contribution in [0.15, 0.2) is 29.3 Å². The van der Waals surface area contributed by atoms with E-state index in [-0.39, 0.29) is 22.6 Å². The van der Waals surface area contributed by atoms with Crippen LogP contribution in [0, 0.1) is 5.41 Å². The van der Waals surface area contributed by atoms with Gasteiger partial charge in [-0.05, 0) is 40.2 Å². The average molecular weight is 425 g/mol. The molecule has 0 aromatic heterocycles. The maximum absolute atomic E-state index is 12.2. The van der Waals surface area contributed by atoms with Crippen LogP contribution in [0.2, 0.25) is 0 Å². The van der Waals surface area contributed by atoms with Crippen molar-refractivity contribution in [2.24, 2.45) is 4.99 Å². The van der Waals surface area contributed by atoms with E-state index in [2.05, 4.69) is 36.3 Å². The molecule has 2 rings (SSSR count). The van der Waals surface area contributed by atoms with E-state index in [4.69, 9.17) is 14.9 Å². The summed E-state index contributed by atoms with van der Waals surface area (Å²) in [6.07, 6.45) is -4.90. The first-order chi connectivity index (χ1) is 11.8. The summed E-state index contributed by atoms with van der Waals surface area (Å²) in [6, 6.07) is 5.14. The number of amidine groups is 1. The second-order valence-electron chi connectivity index (χ2n) is 4.90. The second-order valence-corrected chi connectivity index (χ2v) is 5.65. The van der Waals surface area contributed by atoms with E-state index in [0.29, 0.717) is 32.1 Å². The SMILES string of the molecule is N=C(Br)/N=C(/NCC1COCCO1)Nc1ccc(OC(F)(F)F)cc1. The first kappa shape index (κ1) is 19.5. The van der Waals surface area contributed by atoms with Gasteiger partial charge in [-0.2, -0.15) is 4.99 Å². The minimum Gasteiger partial charge on any atom is -0.406 e. The van der Waals surface area contributed by atoms with Gasteiger partial charge >= 0.3 is 6.36 Å². The molecule has 25 heavy (non-hydrogen) atoms. The number of ether oxygens (including phenoxy) is 3. The lowest BCUT2D eigenvalue weighted by Crippen LogP contribution is -2.42. The molecule has 1 unspecified atom stereocenters. The summed E-state index contributed by atoms with van der Waals surface area (Å²) in [7, 11) is 0. The maximum Gasteiger partial charge on any atom is 0.573 e. The molecule has 1 atom stereocenters. The minimum absolute atomic E-state index is 0.125. The third-order valence-corrected chi connectivity index (χ3v) is 3.12. The molecule has 1 aliphatic heterocycles. The fraction of sp³-hybridized carbons (Fsp3) is 0.429. The van der Waals surface area contributed by atoms with Gasteiger partial charge in [-0.25, -0.2) is 0 Å². The highest BCUT2D eigenvalue weighted by atomic mass is 79.9. The van der Waals surface area contributed by atoms with E-state index < -0.39 is 6.36 Å². The van der Waals surface area contributed by atoms with Crippen molar-refractivity contribution in [3.8, 4) is 5.75 Å². The highest BCUT2D eigenvalue weighted by Crippen LogP contribution is 2.23. The molecule has 0 amide bonds. The lowest BCUT2D eigenvalue weighted by molar-refractivity contribution is -0.274. The summed E-state index contributed by atoms with van der Waals surface area (Å²) in [5.41, 5.74) is 0.468. The van der Waals surface area contributed by atoms with Gasteiger partial charge in [0.15, 0.2) is 4.74 Å². The Morgan fingerprint density at radius 3 is 2.60 bits per heavy atom. The largest absolute Gasteiger partial charge is 0.573 e. The van der Waals surface area contributed by atoms with E-state index in [1.807, 2.05) is 0 Å². The van der Waals surface area contributed by atoms with Crippen molar-refractivity contribution in [1.82, 2.24) is 5.32 Å². The Bertz CT molecular complexity index is 604. The van der Waals surface area contributed by atoms with Crippen LogP contribution in [-0.2, 0) is 9.47 Å². The van der Waals surface area contributed by atoms with Crippen molar-refractivity contribution >= 4 is 32.3 Å². The summed E-state index contributed by atoms with van der Waals surface area (Å²) in [4.78, 5) is 3.93. The van der Waals surface area contributed by atoms with Crippen molar-refractivity contribution < 1.29 is 27.4 Å². The molecule has 0 saturated carbocycles. The van der Waals surface area contributed by atoms with Crippen LogP contribution in [0.25, 0.3) is 0 Å². The lowest BCUT2D eigenvalue weighted by atomic mass is 10.3. The molecule has 1 aromatic carbocycles. The van der Waals surface area contributed by atoms with Gasteiger partial charge < -0.3 is 24.8 Å². The standard InChI is InChI=1S/C14H16BrF3N4O3/c15-12(19)22-13(20-7-11-8-23-5-6-24-11)21-9-1-3-10(4-2-9)25-14(16,17)18/h1-4,11H,5-8H2,(H3,19,20,21,22). The molecular weight excluding hydrogens is 409 g/mol. The molecule has 1 heterocycles. The first-order valence-electron chi connectivity index (χ1n) is 7.20. The fourth-order valence-corrected chi connectivity index (χ4v) is 2.13. The van der Waals surface area contributed by atoms with Gasteiger partial charge in [0.05, 0.1) is 25.9 Å². The van der Waals surface area contributed by atoms with E-state index in [1.54, 1.807) is 0 Å². The number of halogens is 4. The quantitative estimate of drug-likeness (QED) is 0.392. The van der Waals surface area contributed by atoms with Gasteiger partial charge in [0.2, 0.25) is 5.96 Å². The minimum atomic E-state index is -4.74. The number of alkyl halides is 3. The number of rotatable bonds is 4. The number of hydrogen-bond donors (Lipinski definition) is 3. The highest BCUT2D eigenvalue weighted by Gasteiger charge is 2.30. The Labute approximate surface area is 150 Å². The first-order valence-corrected chi connectivity index (χ1v) is 8.00. The molecule has 0 aliphatic carbocycles. The van der Waals surface area contributed by atoms with Gasteiger partial charge in [0.1, 0.15) is 5.75 Å². The molecule has 0 spiro atoms. The van der Waals surface area contributed by atoms with Crippen LogP contribution >= 0.6 is 15.9 Å². The molecule has 3 N–H and O–H groups in total. The topological polar surface area (TPSA) is 88.0 Å². The molecule has 1 saturated heterocycles. The van der Waals surface area contributed by atoms with Crippen molar-refractivity contribution in [3.63, 3.8) is 0 Å². The third kappa shape index (κ3) is 7.71. The highest BCUT2D eigenvalue weighted by molar-refractivity contribution is 9.18. The number of nitrogens with one attached hydrogen (secondary N) is 3. The van der Waals surface area contributed by atoms with Gasteiger partial charge in [0.25, 0.3) is 0 Å². The maximum atomic E-state index is 12.2. The summed E-state index contributed by atoms with van der Waals surface area (Å²) >= 11 is 2.91. The number of benzene rings is 1. The summed E-state index contributed by atoms with van der Waals surface area (Å²) in [5.74, 6) is -0.0916. The normalized spacial score (nSPS) is 18.6. The lowest BCUT2D eigenvalue weighted by Gasteiger charge is -2.24. The Morgan fingerprint density at radius 2 is 2.04 bits per heavy atom. The number of nitrogens with zero attached hydrogens (tertiary/aromatic N) is 1. The van der Waals surface area contributed by atoms with E-state index in [0.717, 1.165) is 0 Å². The van der Waals surface area contributed by atoms with Gasteiger partial charge in [-0.1, -0.05) is 0 Å². The molecule has 0 bridgehead atoms. The molecule has 0 radical (unpaired) electrons. The number of guanidine groups is 1. The van der Waals surface area contributed by atoms with Crippen molar-refractivity contribution in [3.05, 3.63) is 24.3 Å².